The fraction of sp³-hybridized carbons (Fsp3) is 0.333. The number of benzene rings is 2. The molecule has 3 aromatic rings. The van der Waals surface area contributed by atoms with Crippen molar-refractivity contribution in [2.45, 2.75) is 46.0 Å². The van der Waals surface area contributed by atoms with Crippen molar-refractivity contribution in [3.8, 4) is 17.6 Å². The summed E-state index contributed by atoms with van der Waals surface area (Å²) in [6.45, 7) is 6.85. The van der Waals surface area contributed by atoms with E-state index in [1.54, 1.807) is 11.3 Å². The Kier molecular flexibility index (Phi) is 5.06. The fourth-order valence-electron chi connectivity index (χ4n) is 4.91. The zero-order valence-electron chi connectivity index (χ0n) is 18.6. The third-order valence-corrected chi connectivity index (χ3v) is 7.95. The molecule has 0 radical (unpaired) electrons. The molecule has 1 aliphatic carbocycles. The zero-order chi connectivity index (χ0) is 22.5. The summed E-state index contributed by atoms with van der Waals surface area (Å²) in [6.07, 6.45) is 2.95. The van der Waals surface area contributed by atoms with Crippen LogP contribution in [0.25, 0.3) is 0 Å². The Morgan fingerprint density at radius 1 is 1.09 bits per heavy atom. The van der Waals surface area contributed by atoms with Crippen LogP contribution in [0, 0.1) is 22.7 Å². The molecule has 1 aliphatic heterocycles. The van der Waals surface area contributed by atoms with E-state index in [9.17, 15) is 10.1 Å². The van der Waals surface area contributed by atoms with Gasteiger partial charge in [0.2, 0.25) is 5.91 Å². The molecule has 1 aromatic heterocycles. The predicted octanol–water partition coefficient (Wildman–Crippen LogP) is 6.65. The molecule has 2 heterocycles. The number of carbonyl (C=O) groups is 1. The van der Waals surface area contributed by atoms with Crippen molar-refractivity contribution in [2.75, 3.05) is 5.32 Å². The Labute approximate surface area is 192 Å². The first-order valence-corrected chi connectivity index (χ1v) is 11.9. The molecule has 162 valence electrons. The highest BCUT2D eigenvalue weighted by Gasteiger charge is 2.35. The van der Waals surface area contributed by atoms with E-state index in [1.807, 2.05) is 48.5 Å². The maximum Gasteiger partial charge on any atom is 0.237 e. The molecule has 0 saturated heterocycles. The molecule has 5 heteroatoms. The Balaban J connectivity index is 1.50. The first kappa shape index (κ1) is 20.8. The number of anilines is 1. The molecule has 0 fully saturated rings. The normalized spacial score (nSPS) is 17.4. The van der Waals surface area contributed by atoms with Gasteiger partial charge in [-0.2, -0.15) is 5.26 Å². The number of fused-ring (bicyclic) bond motifs is 3. The van der Waals surface area contributed by atoms with Crippen LogP contribution in [0.4, 0.5) is 5.00 Å². The molecular formula is C27H26N2O2S. The number of ether oxygens (including phenoxy) is 1. The summed E-state index contributed by atoms with van der Waals surface area (Å²) in [5.41, 5.74) is 3.68. The van der Waals surface area contributed by atoms with Gasteiger partial charge in [-0.25, -0.2) is 0 Å². The topological polar surface area (TPSA) is 62.1 Å². The third-order valence-electron chi connectivity index (χ3n) is 6.78. The summed E-state index contributed by atoms with van der Waals surface area (Å²) in [5.74, 6) is 1.37. The van der Waals surface area contributed by atoms with E-state index in [0.29, 0.717) is 28.0 Å². The van der Waals surface area contributed by atoms with Gasteiger partial charge in [-0.1, -0.05) is 57.2 Å². The SMILES string of the molecule is CC(C)(C)C1CCc2c(sc(NC(=O)C3c4ccccc4Oc4ccccc43)c2C#N)C1. The Bertz CT molecular complexity index is 1200. The van der Waals surface area contributed by atoms with Crippen molar-refractivity contribution in [1.29, 1.82) is 5.26 Å². The van der Waals surface area contributed by atoms with E-state index in [4.69, 9.17) is 4.74 Å². The molecule has 1 atom stereocenters. The number of hydrogen-bond acceptors (Lipinski definition) is 4. The van der Waals surface area contributed by atoms with Gasteiger partial charge in [-0.05, 0) is 48.3 Å². The van der Waals surface area contributed by atoms with Crippen molar-refractivity contribution >= 4 is 22.2 Å². The monoisotopic (exact) mass is 442 g/mol. The molecular weight excluding hydrogens is 416 g/mol. The molecule has 2 aliphatic rings. The average molecular weight is 443 g/mol. The van der Waals surface area contributed by atoms with Crippen LogP contribution in [0.2, 0.25) is 0 Å². The molecule has 0 saturated carbocycles. The van der Waals surface area contributed by atoms with Crippen LogP contribution in [0.3, 0.4) is 0 Å². The van der Waals surface area contributed by atoms with Crippen LogP contribution >= 0.6 is 11.3 Å². The number of nitriles is 1. The lowest BCUT2D eigenvalue weighted by atomic mass is 9.72. The summed E-state index contributed by atoms with van der Waals surface area (Å²) in [6, 6.07) is 17.7. The second-order valence-corrected chi connectivity index (χ2v) is 10.8. The molecule has 0 bridgehead atoms. The summed E-state index contributed by atoms with van der Waals surface area (Å²) in [5, 5.41) is 13.7. The minimum Gasteiger partial charge on any atom is -0.457 e. The van der Waals surface area contributed by atoms with E-state index < -0.39 is 5.92 Å². The highest BCUT2D eigenvalue weighted by molar-refractivity contribution is 7.16. The van der Waals surface area contributed by atoms with Crippen LogP contribution in [-0.2, 0) is 17.6 Å². The van der Waals surface area contributed by atoms with Crippen molar-refractivity contribution in [1.82, 2.24) is 0 Å². The van der Waals surface area contributed by atoms with Crippen molar-refractivity contribution < 1.29 is 9.53 Å². The van der Waals surface area contributed by atoms with E-state index in [0.717, 1.165) is 36.0 Å². The minimum atomic E-state index is -0.482. The lowest BCUT2D eigenvalue weighted by Gasteiger charge is -2.33. The zero-order valence-corrected chi connectivity index (χ0v) is 19.4. The first-order chi connectivity index (χ1) is 15.4. The lowest BCUT2D eigenvalue weighted by Crippen LogP contribution is -2.26. The minimum absolute atomic E-state index is 0.129. The van der Waals surface area contributed by atoms with Gasteiger partial charge in [-0.15, -0.1) is 11.3 Å². The highest BCUT2D eigenvalue weighted by Crippen LogP contribution is 2.47. The van der Waals surface area contributed by atoms with E-state index in [1.165, 1.54) is 4.88 Å². The molecule has 1 amide bonds. The largest absolute Gasteiger partial charge is 0.457 e. The number of thiophene rings is 1. The van der Waals surface area contributed by atoms with Crippen molar-refractivity contribution in [2.24, 2.45) is 11.3 Å². The molecule has 5 rings (SSSR count). The van der Waals surface area contributed by atoms with Crippen molar-refractivity contribution in [3.63, 3.8) is 0 Å². The van der Waals surface area contributed by atoms with Gasteiger partial charge < -0.3 is 10.1 Å². The van der Waals surface area contributed by atoms with Gasteiger partial charge in [-0.3, -0.25) is 4.79 Å². The number of nitrogens with zero attached hydrogens (tertiary/aromatic N) is 1. The number of amides is 1. The van der Waals surface area contributed by atoms with Crippen LogP contribution in [-0.4, -0.2) is 5.91 Å². The van der Waals surface area contributed by atoms with Crippen LogP contribution in [0.1, 0.15) is 60.2 Å². The Hall–Kier alpha value is -3.10. The Morgan fingerprint density at radius 3 is 2.31 bits per heavy atom. The molecule has 1 N–H and O–H groups in total. The summed E-state index contributed by atoms with van der Waals surface area (Å²) < 4.78 is 6.03. The maximum absolute atomic E-state index is 13.6. The molecule has 32 heavy (non-hydrogen) atoms. The number of rotatable bonds is 2. The van der Waals surface area contributed by atoms with E-state index in [-0.39, 0.29) is 11.3 Å². The smallest absolute Gasteiger partial charge is 0.237 e. The highest BCUT2D eigenvalue weighted by atomic mass is 32.1. The predicted molar refractivity (Wildman–Crippen MR) is 127 cm³/mol. The number of para-hydroxylation sites is 2. The van der Waals surface area contributed by atoms with Gasteiger partial charge >= 0.3 is 0 Å². The van der Waals surface area contributed by atoms with Gasteiger partial charge in [0.1, 0.15) is 22.6 Å². The summed E-state index contributed by atoms with van der Waals surface area (Å²) in [4.78, 5) is 14.9. The third kappa shape index (κ3) is 3.49. The number of nitrogens with one attached hydrogen (secondary N) is 1. The first-order valence-electron chi connectivity index (χ1n) is 11.1. The second kappa shape index (κ2) is 7.79. The summed E-state index contributed by atoms with van der Waals surface area (Å²) in [7, 11) is 0. The van der Waals surface area contributed by atoms with Gasteiger partial charge in [0.05, 0.1) is 11.5 Å². The van der Waals surface area contributed by atoms with Gasteiger partial charge in [0.25, 0.3) is 0 Å². The number of carbonyl (C=O) groups excluding carboxylic acids is 1. The maximum atomic E-state index is 13.6. The quantitative estimate of drug-likeness (QED) is 0.483. The van der Waals surface area contributed by atoms with E-state index >= 15 is 0 Å². The molecule has 2 aromatic carbocycles. The molecule has 1 unspecified atom stereocenters. The number of hydrogen-bond donors (Lipinski definition) is 1. The molecule has 0 spiro atoms. The Morgan fingerprint density at radius 2 is 1.72 bits per heavy atom. The summed E-state index contributed by atoms with van der Waals surface area (Å²) >= 11 is 1.58. The van der Waals surface area contributed by atoms with Gasteiger partial charge in [0.15, 0.2) is 0 Å². The van der Waals surface area contributed by atoms with Crippen LogP contribution in [0.5, 0.6) is 11.5 Å². The second-order valence-electron chi connectivity index (χ2n) is 9.73. The van der Waals surface area contributed by atoms with Gasteiger partial charge in [0, 0.05) is 16.0 Å². The fourth-order valence-corrected chi connectivity index (χ4v) is 6.19. The standard InChI is InChI=1S/C27H26N2O2S/c1-27(2,3)16-12-13-17-20(15-28)26(32-23(17)14-16)29-25(30)24-18-8-4-6-10-21(18)31-22-11-7-5-9-19(22)24/h4-11,16,24H,12-14H2,1-3H3,(H,29,30). The average Bonchev–Trinajstić information content (AvgIpc) is 3.12. The molecule has 4 nitrogen and oxygen atoms in total. The van der Waals surface area contributed by atoms with Crippen LogP contribution in [0.15, 0.2) is 48.5 Å². The van der Waals surface area contributed by atoms with E-state index in [2.05, 4.69) is 32.2 Å². The lowest BCUT2D eigenvalue weighted by molar-refractivity contribution is -0.116. The van der Waals surface area contributed by atoms with Crippen molar-refractivity contribution in [3.05, 3.63) is 75.7 Å². The van der Waals surface area contributed by atoms with Crippen LogP contribution < -0.4 is 10.1 Å².